The first-order valence-electron chi connectivity index (χ1n) is 10.4. The minimum atomic E-state index is -0.319. The molecule has 1 heterocycles. The second-order valence-electron chi connectivity index (χ2n) is 7.58. The molecule has 2 N–H and O–H groups in total. The van der Waals surface area contributed by atoms with Crippen molar-refractivity contribution in [2.75, 3.05) is 10.6 Å². The van der Waals surface area contributed by atoms with E-state index in [1.807, 2.05) is 25.1 Å². The molecule has 0 saturated carbocycles. The number of benzene rings is 3. The van der Waals surface area contributed by atoms with Crippen molar-refractivity contribution in [1.82, 2.24) is 0 Å². The lowest BCUT2D eigenvalue weighted by Gasteiger charge is -2.07. The van der Waals surface area contributed by atoms with Gasteiger partial charge in [-0.2, -0.15) is 0 Å². The molecule has 0 saturated heterocycles. The van der Waals surface area contributed by atoms with Gasteiger partial charge in [0, 0.05) is 38.6 Å². The minimum Gasteiger partial charge on any atom is -0.457 e. The average molecular weight is 491 g/mol. The maximum absolute atomic E-state index is 12.4. The number of anilines is 2. The van der Waals surface area contributed by atoms with Gasteiger partial charge in [-0.15, -0.1) is 0 Å². The number of nitrogens with one attached hydrogen (secondary N) is 2. The second kappa shape index (κ2) is 10.4. The summed E-state index contributed by atoms with van der Waals surface area (Å²) in [5, 5.41) is 6.63. The molecule has 34 heavy (non-hydrogen) atoms. The molecule has 0 radical (unpaired) electrons. The van der Waals surface area contributed by atoms with Crippen LogP contribution in [-0.2, 0) is 4.79 Å². The molecule has 2 amide bonds. The molecule has 0 aliphatic rings. The standard InChI is InChI=1S/C27H20Cl2N2O3/c1-17-3-2-4-18(13-17)27(33)31-23-7-5-22(6-8-23)30-26(32)12-10-24-9-11-25(34-24)19-14-20(28)16-21(29)15-19/h2-16H,1H3,(H,30,32)(H,31,33)/b12-10+. The third-order valence-electron chi connectivity index (χ3n) is 4.86. The Labute approximate surface area is 207 Å². The molecule has 5 nitrogen and oxygen atoms in total. The van der Waals surface area contributed by atoms with E-state index in [0.717, 1.165) is 11.1 Å². The van der Waals surface area contributed by atoms with Gasteiger partial charge in [0.05, 0.1) is 0 Å². The number of halogens is 2. The molecule has 1 aromatic heterocycles. The monoisotopic (exact) mass is 490 g/mol. The molecule has 0 bridgehead atoms. The van der Waals surface area contributed by atoms with E-state index in [9.17, 15) is 9.59 Å². The summed E-state index contributed by atoms with van der Waals surface area (Å²) in [5.74, 6) is 0.588. The fraction of sp³-hybridized carbons (Fsp3) is 0.0370. The number of rotatable bonds is 6. The zero-order valence-corrected chi connectivity index (χ0v) is 19.7. The lowest BCUT2D eigenvalue weighted by Crippen LogP contribution is -2.12. The normalized spacial score (nSPS) is 10.9. The van der Waals surface area contributed by atoms with E-state index >= 15 is 0 Å². The molecule has 0 aliphatic heterocycles. The van der Waals surface area contributed by atoms with Crippen molar-refractivity contribution in [3.8, 4) is 11.3 Å². The zero-order valence-electron chi connectivity index (χ0n) is 18.1. The Bertz CT molecular complexity index is 1350. The Balaban J connectivity index is 1.34. The highest BCUT2D eigenvalue weighted by Gasteiger charge is 2.08. The van der Waals surface area contributed by atoms with Crippen LogP contribution >= 0.6 is 23.2 Å². The van der Waals surface area contributed by atoms with Gasteiger partial charge >= 0.3 is 0 Å². The largest absolute Gasteiger partial charge is 0.457 e. The first-order valence-corrected chi connectivity index (χ1v) is 11.1. The van der Waals surface area contributed by atoms with Crippen LogP contribution in [-0.4, -0.2) is 11.8 Å². The molecule has 0 spiro atoms. The summed E-state index contributed by atoms with van der Waals surface area (Å²) < 4.78 is 5.75. The Hall–Kier alpha value is -3.80. The highest BCUT2D eigenvalue weighted by Crippen LogP contribution is 2.29. The first kappa shape index (κ1) is 23.4. The molecule has 170 valence electrons. The van der Waals surface area contributed by atoms with Crippen LogP contribution in [0.3, 0.4) is 0 Å². The van der Waals surface area contributed by atoms with Crippen LogP contribution in [0.4, 0.5) is 11.4 Å². The molecule has 0 fully saturated rings. The van der Waals surface area contributed by atoms with Crippen molar-refractivity contribution in [1.29, 1.82) is 0 Å². The van der Waals surface area contributed by atoms with Crippen molar-refractivity contribution in [3.63, 3.8) is 0 Å². The number of hydrogen-bond acceptors (Lipinski definition) is 3. The van der Waals surface area contributed by atoms with E-state index in [0.29, 0.717) is 38.5 Å². The second-order valence-corrected chi connectivity index (χ2v) is 8.46. The molecule has 7 heteroatoms. The first-order chi connectivity index (χ1) is 16.4. The van der Waals surface area contributed by atoms with E-state index in [-0.39, 0.29) is 11.8 Å². The minimum absolute atomic E-state index is 0.193. The maximum atomic E-state index is 12.4. The summed E-state index contributed by atoms with van der Waals surface area (Å²) in [6.45, 7) is 1.93. The van der Waals surface area contributed by atoms with E-state index < -0.39 is 0 Å². The number of furan rings is 1. The highest BCUT2D eigenvalue weighted by atomic mass is 35.5. The quantitative estimate of drug-likeness (QED) is 0.275. The van der Waals surface area contributed by atoms with Gasteiger partial charge in [-0.3, -0.25) is 9.59 Å². The fourth-order valence-electron chi connectivity index (χ4n) is 3.26. The predicted octanol–water partition coefficient (Wildman–Crippen LogP) is 7.47. The Morgan fingerprint density at radius 2 is 1.50 bits per heavy atom. The Morgan fingerprint density at radius 3 is 2.18 bits per heavy atom. The van der Waals surface area contributed by atoms with Gasteiger partial charge in [0.25, 0.3) is 5.91 Å². The van der Waals surface area contributed by atoms with E-state index in [1.54, 1.807) is 66.7 Å². The maximum Gasteiger partial charge on any atom is 0.255 e. The summed E-state index contributed by atoms with van der Waals surface area (Å²) in [6.07, 6.45) is 2.95. The molecule has 4 aromatic rings. The third-order valence-corrected chi connectivity index (χ3v) is 5.30. The van der Waals surface area contributed by atoms with Crippen molar-refractivity contribution < 1.29 is 14.0 Å². The molecule has 4 rings (SSSR count). The molecule has 0 unspecified atom stereocenters. The van der Waals surface area contributed by atoms with Crippen LogP contribution in [0.5, 0.6) is 0 Å². The topological polar surface area (TPSA) is 71.3 Å². The summed E-state index contributed by atoms with van der Waals surface area (Å²) in [5.41, 5.74) is 3.57. The van der Waals surface area contributed by atoms with Gasteiger partial charge in [-0.05, 0) is 79.7 Å². The van der Waals surface area contributed by atoms with Gasteiger partial charge in [0.2, 0.25) is 5.91 Å². The van der Waals surface area contributed by atoms with Crippen molar-refractivity contribution in [3.05, 3.63) is 112 Å². The summed E-state index contributed by atoms with van der Waals surface area (Å²) in [4.78, 5) is 24.6. The van der Waals surface area contributed by atoms with E-state index in [2.05, 4.69) is 10.6 Å². The number of carbonyl (C=O) groups excluding carboxylic acids is 2. The lowest BCUT2D eigenvalue weighted by molar-refractivity contribution is -0.111. The highest BCUT2D eigenvalue weighted by molar-refractivity contribution is 6.35. The van der Waals surface area contributed by atoms with Gasteiger partial charge in [-0.1, -0.05) is 40.9 Å². The van der Waals surface area contributed by atoms with Crippen molar-refractivity contribution >= 4 is 52.5 Å². The fourth-order valence-corrected chi connectivity index (χ4v) is 3.79. The number of hydrogen-bond donors (Lipinski definition) is 2. The van der Waals surface area contributed by atoms with E-state index in [1.165, 1.54) is 6.08 Å². The van der Waals surface area contributed by atoms with Crippen LogP contribution in [0.2, 0.25) is 10.0 Å². The Kier molecular flexibility index (Phi) is 7.16. The summed E-state index contributed by atoms with van der Waals surface area (Å²) in [6, 6.07) is 22.9. The van der Waals surface area contributed by atoms with Crippen molar-refractivity contribution in [2.24, 2.45) is 0 Å². The molecular formula is C27H20Cl2N2O3. The van der Waals surface area contributed by atoms with Gasteiger partial charge in [0.15, 0.2) is 0 Å². The number of amides is 2. The zero-order chi connectivity index (χ0) is 24.1. The van der Waals surface area contributed by atoms with Crippen LogP contribution in [0.15, 0.2) is 89.4 Å². The van der Waals surface area contributed by atoms with Crippen LogP contribution in [0, 0.1) is 6.92 Å². The number of aryl methyl sites for hydroxylation is 1. The Morgan fingerprint density at radius 1 is 0.824 bits per heavy atom. The van der Waals surface area contributed by atoms with Crippen LogP contribution < -0.4 is 10.6 Å². The summed E-state index contributed by atoms with van der Waals surface area (Å²) in [7, 11) is 0. The van der Waals surface area contributed by atoms with Gasteiger partial charge in [-0.25, -0.2) is 0 Å². The van der Waals surface area contributed by atoms with Crippen molar-refractivity contribution in [2.45, 2.75) is 6.92 Å². The molecular weight excluding hydrogens is 471 g/mol. The summed E-state index contributed by atoms with van der Waals surface area (Å²) >= 11 is 12.1. The lowest BCUT2D eigenvalue weighted by atomic mass is 10.1. The molecule has 0 atom stereocenters. The van der Waals surface area contributed by atoms with Crippen LogP contribution in [0.1, 0.15) is 21.7 Å². The third kappa shape index (κ3) is 6.16. The van der Waals surface area contributed by atoms with Gasteiger partial charge in [0.1, 0.15) is 11.5 Å². The predicted molar refractivity (Wildman–Crippen MR) is 137 cm³/mol. The number of carbonyl (C=O) groups is 2. The van der Waals surface area contributed by atoms with E-state index in [4.69, 9.17) is 27.6 Å². The smallest absolute Gasteiger partial charge is 0.255 e. The van der Waals surface area contributed by atoms with Gasteiger partial charge < -0.3 is 15.1 Å². The molecule has 0 aliphatic carbocycles. The average Bonchev–Trinajstić information content (AvgIpc) is 3.28. The van der Waals surface area contributed by atoms with Crippen LogP contribution in [0.25, 0.3) is 17.4 Å². The SMILES string of the molecule is Cc1cccc(C(=O)Nc2ccc(NC(=O)/C=C/c3ccc(-c4cc(Cl)cc(Cl)c4)o3)cc2)c1. The molecule has 3 aromatic carbocycles.